The number of nitrogens with one attached hydrogen (secondary N) is 2. The van der Waals surface area contributed by atoms with E-state index in [1.165, 1.54) is 6.20 Å². The van der Waals surface area contributed by atoms with Crippen LogP contribution in [0.3, 0.4) is 0 Å². The van der Waals surface area contributed by atoms with E-state index < -0.39 is 5.97 Å². The number of para-hydroxylation sites is 2. The minimum atomic E-state index is -0.959. The van der Waals surface area contributed by atoms with Gasteiger partial charge in [0.05, 0.1) is 18.0 Å². The van der Waals surface area contributed by atoms with Crippen molar-refractivity contribution in [2.45, 2.75) is 26.3 Å². The summed E-state index contributed by atoms with van der Waals surface area (Å²) in [5, 5.41) is 14.7. The second-order valence-corrected chi connectivity index (χ2v) is 8.31. The molecule has 0 saturated carbocycles. The Morgan fingerprint density at radius 2 is 1.79 bits per heavy atom. The second kappa shape index (κ2) is 10.2. The molecule has 0 aliphatic rings. The van der Waals surface area contributed by atoms with Crippen molar-refractivity contribution in [2.24, 2.45) is 5.92 Å². The summed E-state index contributed by atoms with van der Waals surface area (Å²) in [6, 6.07) is 19.2. The maximum absolute atomic E-state index is 12.1. The summed E-state index contributed by atoms with van der Waals surface area (Å²) in [7, 11) is 0. The van der Waals surface area contributed by atoms with Crippen molar-refractivity contribution in [3.05, 3.63) is 78.0 Å². The molecule has 8 heteroatoms. The van der Waals surface area contributed by atoms with Gasteiger partial charge in [-0.1, -0.05) is 38.1 Å². The van der Waals surface area contributed by atoms with Crippen molar-refractivity contribution in [1.29, 1.82) is 0 Å². The Hall–Kier alpha value is -4.20. The number of pyridine rings is 1. The van der Waals surface area contributed by atoms with Gasteiger partial charge in [0, 0.05) is 18.3 Å². The van der Waals surface area contributed by atoms with E-state index >= 15 is 0 Å². The van der Waals surface area contributed by atoms with E-state index in [9.17, 15) is 9.59 Å². The van der Waals surface area contributed by atoms with Crippen LogP contribution in [0, 0.1) is 5.92 Å². The average Bonchev–Trinajstić information content (AvgIpc) is 3.27. The predicted octanol–water partition coefficient (Wildman–Crippen LogP) is 4.90. The minimum absolute atomic E-state index is 0.000394. The summed E-state index contributed by atoms with van der Waals surface area (Å²) in [4.78, 5) is 31.6. The fraction of sp³-hybridized carbons (Fsp3) is 0.231. The van der Waals surface area contributed by atoms with Crippen LogP contribution in [0.1, 0.15) is 42.2 Å². The van der Waals surface area contributed by atoms with Crippen LogP contribution in [0.15, 0.2) is 71.3 Å². The van der Waals surface area contributed by atoms with Gasteiger partial charge in [-0.3, -0.25) is 9.59 Å². The SMILES string of the molecule is CC(C)[C@H](Nc1ccc(C(=O)NCCC(=O)O)cn1)c1ccc(-c2nc3ccccc3o2)cc1. The number of hydrogen-bond acceptors (Lipinski definition) is 6. The molecule has 2 heterocycles. The number of amides is 1. The van der Waals surface area contributed by atoms with Gasteiger partial charge >= 0.3 is 5.97 Å². The second-order valence-electron chi connectivity index (χ2n) is 8.31. The highest BCUT2D eigenvalue weighted by atomic mass is 16.4. The molecule has 4 aromatic rings. The molecule has 4 rings (SSSR count). The topological polar surface area (TPSA) is 117 Å². The van der Waals surface area contributed by atoms with Gasteiger partial charge in [0.15, 0.2) is 5.58 Å². The molecule has 1 amide bonds. The lowest BCUT2D eigenvalue weighted by atomic mass is 9.95. The van der Waals surface area contributed by atoms with E-state index in [0.29, 0.717) is 17.3 Å². The Balaban J connectivity index is 1.45. The summed E-state index contributed by atoms with van der Waals surface area (Å²) in [5.41, 5.74) is 3.95. The first-order chi connectivity index (χ1) is 16.4. The number of oxazole rings is 1. The number of carboxylic acids is 1. The number of nitrogens with zero attached hydrogens (tertiary/aromatic N) is 2. The number of hydrogen-bond donors (Lipinski definition) is 3. The fourth-order valence-corrected chi connectivity index (χ4v) is 3.62. The smallest absolute Gasteiger partial charge is 0.305 e. The molecule has 3 N–H and O–H groups in total. The van der Waals surface area contributed by atoms with Gasteiger partial charge in [0.1, 0.15) is 11.3 Å². The molecule has 2 aromatic heterocycles. The van der Waals surface area contributed by atoms with Crippen molar-refractivity contribution in [2.75, 3.05) is 11.9 Å². The highest BCUT2D eigenvalue weighted by Gasteiger charge is 2.17. The Morgan fingerprint density at radius 3 is 2.44 bits per heavy atom. The zero-order chi connectivity index (χ0) is 24.1. The molecule has 34 heavy (non-hydrogen) atoms. The molecule has 0 aliphatic carbocycles. The summed E-state index contributed by atoms with van der Waals surface area (Å²) in [6.07, 6.45) is 1.35. The zero-order valence-electron chi connectivity index (χ0n) is 19.0. The number of carbonyl (C=O) groups excluding carboxylic acids is 1. The van der Waals surface area contributed by atoms with Gasteiger partial charge in [-0.15, -0.1) is 0 Å². The summed E-state index contributed by atoms with van der Waals surface area (Å²) in [6.45, 7) is 4.32. The number of fused-ring (bicyclic) bond motifs is 1. The molecular formula is C26H26N4O4. The quantitative estimate of drug-likeness (QED) is 0.326. The van der Waals surface area contributed by atoms with Gasteiger partial charge in [-0.25, -0.2) is 9.97 Å². The van der Waals surface area contributed by atoms with Crippen LogP contribution in [-0.2, 0) is 4.79 Å². The van der Waals surface area contributed by atoms with Gasteiger partial charge in [0.25, 0.3) is 5.91 Å². The Bertz CT molecular complexity index is 1250. The molecule has 0 spiro atoms. The van der Waals surface area contributed by atoms with Crippen LogP contribution in [0.4, 0.5) is 5.82 Å². The first-order valence-electron chi connectivity index (χ1n) is 11.1. The van der Waals surface area contributed by atoms with E-state index in [2.05, 4.69) is 34.4 Å². The van der Waals surface area contributed by atoms with Crippen LogP contribution < -0.4 is 10.6 Å². The molecule has 1 atom stereocenters. The van der Waals surface area contributed by atoms with Gasteiger partial charge in [-0.05, 0) is 47.9 Å². The normalized spacial score (nSPS) is 12.0. The van der Waals surface area contributed by atoms with Crippen LogP contribution in [0.25, 0.3) is 22.6 Å². The molecule has 0 aliphatic heterocycles. The third-order valence-electron chi connectivity index (χ3n) is 5.43. The molecule has 0 bridgehead atoms. The van der Waals surface area contributed by atoms with E-state index in [-0.39, 0.29) is 30.8 Å². The lowest BCUT2D eigenvalue weighted by molar-refractivity contribution is -0.136. The predicted molar refractivity (Wildman–Crippen MR) is 129 cm³/mol. The molecular weight excluding hydrogens is 432 g/mol. The van der Waals surface area contributed by atoms with Crippen LogP contribution in [0.5, 0.6) is 0 Å². The van der Waals surface area contributed by atoms with Crippen molar-refractivity contribution in [3.63, 3.8) is 0 Å². The number of aliphatic carboxylic acids is 1. The third-order valence-corrected chi connectivity index (χ3v) is 5.43. The number of aromatic nitrogens is 2. The minimum Gasteiger partial charge on any atom is -0.481 e. The molecule has 2 aromatic carbocycles. The highest BCUT2D eigenvalue weighted by molar-refractivity contribution is 5.94. The molecule has 174 valence electrons. The summed E-state index contributed by atoms with van der Waals surface area (Å²) in [5.74, 6) is 0.190. The maximum atomic E-state index is 12.1. The van der Waals surface area contributed by atoms with E-state index in [1.807, 2.05) is 48.5 Å². The Kier molecular flexibility index (Phi) is 6.87. The van der Waals surface area contributed by atoms with Gasteiger partial charge < -0.3 is 20.2 Å². The van der Waals surface area contributed by atoms with Crippen LogP contribution in [0.2, 0.25) is 0 Å². The van der Waals surface area contributed by atoms with Crippen LogP contribution in [-0.4, -0.2) is 33.5 Å². The van der Waals surface area contributed by atoms with Crippen molar-refractivity contribution >= 4 is 28.8 Å². The fourth-order valence-electron chi connectivity index (χ4n) is 3.62. The van der Waals surface area contributed by atoms with Crippen molar-refractivity contribution in [3.8, 4) is 11.5 Å². The van der Waals surface area contributed by atoms with Crippen LogP contribution >= 0.6 is 0 Å². The standard InChI is InChI=1S/C26H26N4O4/c1-16(2)24(30-22-12-11-19(15-28-22)25(33)27-14-13-23(31)32)17-7-9-18(10-8-17)26-29-20-5-3-4-6-21(20)34-26/h3-12,15-16,24H,13-14H2,1-2H3,(H,27,33)(H,28,30)(H,31,32)/t24-/m0/s1. The first-order valence-corrected chi connectivity index (χ1v) is 11.1. The lowest BCUT2D eigenvalue weighted by Crippen LogP contribution is -2.26. The number of benzene rings is 2. The molecule has 0 unspecified atom stereocenters. The van der Waals surface area contributed by atoms with Gasteiger partial charge in [0.2, 0.25) is 5.89 Å². The Labute approximate surface area is 197 Å². The van der Waals surface area contributed by atoms with E-state index in [0.717, 1.165) is 22.2 Å². The highest BCUT2D eigenvalue weighted by Crippen LogP contribution is 2.29. The molecule has 0 saturated heterocycles. The average molecular weight is 459 g/mol. The van der Waals surface area contributed by atoms with E-state index in [1.54, 1.807) is 12.1 Å². The number of anilines is 1. The largest absolute Gasteiger partial charge is 0.481 e. The third kappa shape index (κ3) is 5.40. The molecule has 0 fully saturated rings. The molecule has 0 radical (unpaired) electrons. The van der Waals surface area contributed by atoms with Crippen molar-refractivity contribution < 1.29 is 19.1 Å². The summed E-state index contributed by atoms with van der Waals surface area (Å²) >= 11 is 0. The zero-order valence-corrected chi connectivity index (χ0v) is 19.0. The summed E-state index contributed by atoms with van der Waals surface area (Å²) < 4.78 is 5.87. The monoisotopic (exact) mass is 458 g/mol. The van der Waals surface area contributed by atoms with Gasteiger partial charge in [-0.2, -0.15) is 0 Å². The lowest BCUT2D eigenvalue weighted by Gasteiger charge is -2.23. The molecule has 8 nitrogen and oxygen atoms in total. The first kappa shape index (κ1) is 23.0. The number of rotatable bonds is 9. The number of carboxylic acid groups (broad SMARTS) is 1. The number of carbonyl (C=O) groups is 2. The maximum Gasteiger partial charge on any atom is 0.305 e. The van der Waals surface area contributed by atoms with E-state index in [4.69, 9.17) is 9.52 Å². The Morgan fingerprint density at radius 1 is 1.03 bits per heavy atom. The van der Waals surface area contributed by atoms with Crippen molar-refractivity contribution in [1.82, 2.24) is 15.3 Å².